The number of anilines is 2. The predicted molar refractivity (Wildman–Crippen MR) is 59.9 cm³/mol. The first-order chi connectivity index (χ1) is 7.34. The fourth-order valence-electron chi connectivity index (χ4n) is 1.53. The first kappa shape index (κ1) is 10.3. The Bertz CT molecular complexity index is 311. The van der Waals surface area contributed by atoms with Gasteiger partial charge >= 0.3 is 0 Å². The zero-order valence-electron chi connectivity index (χ0n) is 8.61. The lowest BCUT2D eigenvalue weighted by Crippen LogP contribution is -2.34. The molecule has 1 fully saturated rings. The largest absolute Gasteiger partial charge is 0.399 e. The van der Waals surface area contributed by atoms with Crippen molar-refractivity contribution in [3.05, 3.63) is 24.3 Å². The van der Waals surface area contributed by atoms with Gasteiger partial charge in [0.15, 0.2) is 0 Å². The van der Waals surface area contributed by atoms with Crippen LogP contribution in [0, 0.1) is 0 Å². The summed E-state index contributed by atoms with van der Waals surface area (Å²) in [7, 11) is 0. The molecule has 2 rings (SSSR count). The molecule has 1 atom stereocenters. The summed E-state index contributed by atoms with van der Waals surface area (Å²) in [5.74, 6) is 0. The van der Waals surface area contributed by atoms with E-state index >= 15 is 0 Å². The van der Waals surface area contributed by atoms with E-state index in [0.717, 1.165) is 17.9 Å². The summed E-state index contributed by atoms with van der Waals surface area (Å²) in [5, 5.41) is 3.27. The van der Waals surface area contributed by atoms with E-state index in [9.17, 15) is 0 Å². The first-order valence-corrected chi connectivity index (χ1v) is 5.13. The second-order valence-electron chi connectivity index (χ2n) is 3.57. The Morgan fingerprint density at radius 3 is 3.07 bits per heavy atom. The quantitative estimate of drug-likeness (QED) is 0.730. The summed E-state index contributed by atoms with van der Waals surface area (Å²) < 4.78 is 10.8. The van der Waals surface area contributed by atoms with Gasteiger partial charge in [-0.15, -0.1) is 0 Å². The molecule has 15 heavy (non-hydrogen) atoms. The van der Waals surface area contributed by atoms with Gasteiger partial charge in [0.1, 0.15) is 0 Å². The van der Waals surface area contributed by atoms with E-state index in [1.165, 1.54) is 0 Å². The van der Waals surface area contributed by atoms with Crippen molar-refractivity contribution in [1.82, 2.24) is 0 Å². The standard InChI is InChI=1S/C11H16N2O2/c12-9-2-1-3-10(6-9)13-7-11-8-14-4-5-15-11/h1-3,6,11,13H,4-5,7-8,12H2. The van der Waals surface area contributed by atoms with Gasteiger partial charge in [-0.1, -0.05) is 6.07 Å². The number of nitrogen functional groups attached to an aromatic ring is 1. The van der Waals surface area contributed by atoms with Crippen molar-refractivity contribution >= 4 is 11.4 Å². The van der Waals surface area contributed by atoms with Gasteiger partial charge in [0.25, 0.3) is 0 Å². The number of hydrogen-bond acceptors (Lipinski definition) is 4. The number of hydrogen-bond donors (Lipinski definition) is 2. The van der Waals surface area contributed by atoms with Crippen molar-refractivity contribution in [2.75, 3.05) is 37.4 Å². The van der Waals surface area contributed by atoms with Crippen molar-refractivity contribution in [3.8, 4) is 0 Å². The molecule has 1 saturated heterocycles. The van der Waals surface area contributed by atoms with Gasteiger partial charge in [0.2, 0.25) is 0 Å². The highest BCUT2D eigenvalue weighted by molar-refractivity contribution is 5.54. The minimum Gasteiger partial charge on any atom is -0.399 e. The van der Waals surface area contributed by atoms with E-state index in [-0.39, 0.29) is 6.10 Å². The summed E-state index contributed by atoms with van der Waals surface area (Å²) in [6, 6.07) is 7.69. The molecule has 0 saturated carbocycles. The Morgan fingerprint density at radius 1 is 1.40 bits per heavy atom. The van der Waals surface area contributed by atoms with Crippen LogP contribution in [0.4, 0.5) is 11.4 Å². The second-order valence-corrected chi connectivity index (χ2v) is 3.57. The molecule has 0 aliphatic carbocycles. The van der Waals surface area contributed by atoms with Crippen LogP contribution >= 0.6 is 0 Å². The van der Waals surface area contributed by atoms with Crippen LogP contribution in [0.1, 0.15) is 0 Å². The Kier molecular flexibility index (Phi) is 3.42. The molecule has 0 bridgehead atoms. The molecule has 0 aromatic heterocycles. The lowest BCUT2D eigenvalue weighted by molar-refractivity contribution is -0.0818. The van der Waals surface area contributed by atoms with E-state index in [1.807, 2.05) is 24.3 Å². The third kappa shape index (κ3) is 3.11. The minimum absolute atomic E-state index is 0.139. The summed E-state index contributed by atoms with van der Waals surface area (Å²) in [4.78, 5) is 0. The SMILES string of the molecule is Nc1cccc(NCC2COCCO2)c1. The van der Waals surface area contributed by atoms with Crippen LogP contribution in [0.25, 0.3) is 0 Å². The third-order valence-corrected chi connectivity index (χ3v) is 2.31. The molecule has 82 valence electrons. The molecule has 1 aromatic carbocycles. The van der Waals surface area contributed by atoms with Crippen LogP contribution in [0.15, 0.2) is 24.3 Å². The van der Waals surface area contributed by atoms with Gasteiger partial charge in [0.05, 0.1) is 25.9 Å². The number of rotatable bonds is 3. The van der Waals surface area contributed by atoms with Gasteiger partial charge < -0.3 is 20.5 Å². The summed E-state index contributed by atoms with van der Waals surface area (Å²) >= 11 is 0. The summed E-state index contributed by atoms with van der Waals surface area (Å²) in [6.45, 7) is 2.80. The van der Waals surface area contributed by atoms with Crippen LogP contribution < -0.4 is 11.1 Å². The average molecular weight is 208 g/mol. The summed E-state index contributed by atoms with van der Waals surface area (Å²) in [5.41, 5.74) is 7.45. The van der Waals surface area contributed by atoms with E-state index in [1.54, 1.807) is 0 Å². The minimum atomic E-state index is 0.139. The molecular weight excluding hydrogens is 192 g/mol. The zero-order chi connectivity index (χ0) is 10.5. The van der Waals surface area contributed by atoms with Crippen LogP contribution in [-0.4, -0.2) is 32.5 Å². The highest BCUT2D eigenvalue weighted by atomic mass is 16.6. The van der Waals surface area contributed by atoms with Gasteiger partial charge in [0, 0.05) is 17.9 Å². The fraction of sp³-hybridized carbons (Fsp3) is 0.455. The fourth-order valence-corrected chi connectivity index (χ4v) is 1.53. The molecule has 0 amide bonds. The van der Waals surface area contributed by atoms with E-state index < -0.39 is 0 Å². The molecule has 1 aliphatic heterocycles. The molecule has 1 aliphatic rings. The van der Waals surface area contributed by atoms with Crippen LogP contribution in [0.5, 0.6) is 0 Å². The van der Waals surface area contributed by atoms with Crippen molar-refractivity contribution in [2.45, 2.75) is 6.10 Å². The lowest BCUT2D eigenvalue weighted by Gasteiger charge is -2.23. The van der Waals surface area contributed by atoms with Crippen LogP contribution in [-0.2, 0) is 9.47 Å². The molecule has 0 radical (unpaired) electrons. The smallest absolute Gasteiger partial charge is 0.0981 e. The molecule has 1 unspecified atom stereocenters. The Balaban J connectivity index is 1.81. The average Bonchev–Trinajstić information content (AvgIpc) is 2.28. The Morgan fingerprint density at radius 2 is 2.33 bits per heavy atom. The zero-order valence-corrected chi connectivity index (χ0v) is 8.61. The molecular formula is C11H16N2O2. The maximum Gasteiger partial charge on any atom is 0.0981 e. The van der Waals surface area contributed by atoms with E-state index in [0.29, 0.717) is 19.8 Å². The third-order valence-electron chi connectivity index (χ3n) is 2.31. The summed E-state index contributed by atoms with van der Waals surface area (Å²) in [6.07, 6.45) is 0.139. The van der Waals surface area contributed by atoms with Crippen LogP contribution in [0.2, 0.25) is 0 Å². The maximum atomic E-state index is 5.67. The molecule has 0 spiro atoms. The normalized spacial score (nSPS) is 21.2. The molecule has 1 heterocycles. The van der Waals surface area contributed by atoms with Gasteiger partial charge in [-0.2, -0.15) is 0 Å². The lowest BCUT2D eigenvalue weighted by atomic mass is 10.2. The second kappa shape index (κ2) is 5.00. The topological polar surface area (TPSA) is 56.5 Å². The number of nitrogens with one attached hydrogen (secondary N) is 1. The van der Waals surface area contributed by atoms with Crippen molar-refractivity contribution < 1.29 is 9.47 Å². The van der Waals surface area contributed by atoms with Crippen molar-refractivity contribution in [1.29, 1.82) is 0 Å². The first-order valence-electron chi connectivity index (χ1n) is 5.13. The highest BCUT2D eigenvalue weighted by Crippen LogP contribution is 2.12. The molecule has 4 nitrogen and oxygen atoms in total. The predicted octanol–water partition coefficient (Wildman–Crippen LogP) is 1.10. The highest BCUT2D eigenvalue weighted by Gasteiger charge is 2.13. The van der Waals surface area contributed by atoms with Gasteiger partial charge in [-0.25, -0.2) is 0 Å². The number of nitrogens with two attached hydrogens (primary N) is 1. The number of ether oxygens (including phenoxy) is 2. The van der Waals surface area contributed by atoms with E-state index in [2.05, 4.69) is 5.32 Å². The molecule has 4 heteroatoms. The van der Waals surface area contributed by atoms with Gasteiger partial charge in [-0.05, 0) is 18.2 Å². The molecule has 1 aromatic rings. The van der Waals surface area contributed by atoms with Crippen molar-refractivity contribution in [2.24, 2.45) is 0 Å². The van der Waals surface area contributed by atoms with Crippen molar-refractivity contribution in [3.63, 3.8) is 0 Å². The Labute approximate surface area is 89.4 Å². The monoisotopic (exact) mass is 208 g/mol. The van der Waals surface area contributed by atoms with Crippen LogP contribution in [0.3, 0.4) is 0 Å². The maximum absolute atomic E-state index is 5.67. The van der Waals surface area contributed by atoms with E-state index in [4.69, 9.17) is 15.2 Å². The Hall–Kier alpha value is -1.26. The number of benzene rings is 1. The van der Waals surface area contributed by atoms with Gasteiger partial charge in [-0.3, -0.25) is 0 Å². The molecule has 3 N–H and O–H groups in total.